The Hall–Kier alpha value is -3.11. The molecule has 0 saturated heterocycles. The molecule has 1 aromatic heterocycles. The Labute approximate surface area is 177 Å². The highest BCUT2D eigenvalue weighted by molar-refractivity contribution is 9.10. The fourth-order valence-corrected chi connectivity index (χ4v) is 4.08. The molecule has 142 valence electrons. The third-order valence-corrected chi connectivity index (χ3v) is 5.55. The molecule has 0 radical (unpaired) electrons. The monoisotopic (exact) mass is 442 g/mol. The lowest BCUT2D eigenvalue weighted by atomic mass is 10.1. The summed E-state index contributed by atoms with van der Waals surface area (Å²) < 4.78 is 9.45. The maximum absolute atomic E-state index is 6.14. The van der Waals surface area contributed by atoms with E-state index in [1.54, 1.807) is 0 Å². The molecule has 1 heterocycles. The average Bonchev–Trinajstić information content (AvgIpc) is 3.09. The van der Waals surface area contributed by atoms with E-state index in [9.17, 15) is 0 Å². The third kappa shape index (κ3) is 3.76. The average molecular weight is 443 g/mol. The predicted octanol–water partition coefficient (Wildman–Crippen LogP) is 6.58. The van der Waals surface area contributed by atoms with E-state index >= 15 is 0 Å². The molecular formula is C25H19BrN2O. The summed E-state index contributed by atoms with van der Waals surface area (Å²) >= 11 is 3.57. The van der Waals surface area contributed by atoms with Gasteiger partial charge in [0.25, 0.3) is 0 Å². The van der Waals surface area contributed by atoms with Crippen LogP contribution in [0.5, 0.6) is 5.75 Å². The Kier molecular flexibility index (Phi) is 4.78. The number of hydrogen-bond donors (Lipinski definition) is 0. The van der Waals surface area contributed by atoms with Crippen molar-refractivity contribution >= 4 is 37.7 Å². The van der Waals surface area contributed by atoms with Gasteiger partial charge in [0.05, 0.1) is 11.0 Å². The lowest BCUT2D eigenvalue weighted by molar-refractivity contribution is 0.291. The molecule has 0 N–H and O–H groups in total. The van der Waals surface area contributed by atoms with E-state index < -0.39 is 0 Å². The van der Waals surface area contributed by atoms with Crippen molar-refractivity contribution in [2.75, 3.05) is 0 Å². The van der Waals surface area contributed by atoms with Gasteiger partial charge in [0.1, 0.15) is 18.2 Å². The van der Waals surface area contributed by atoms with Crippen molar-refractivity contribution in [2.24, 2.45) is 0 Å². The molecule has 0 atom stereocenters. The summed E-state index contributed by atoms with van der Waals surface area (Å²) in [6.45, 7) is 1.16. The van der Waals surface area contributed by atoms with Crippen molar-refractivity contribution < 1.29 is 4.74 Å². The fraction of sp³-hybridized carbons (Fsp3) is 0.0800. The molecule has 0 bridgehead atoms. The summed E-state index contributed by atoms with van der Waals surface area (Å²) in [7, 11) is 0. The zero-order valence-electron chi connectivity index (χ0n) is 15.8. The van der Waals surface area contributed by atoms with Crippen LogP contribution in [0.1, 0.15) is 11.4 Å². The molecule has 0 aliphatic carbocycles. The summed E-state index contributed by atoms with van der Waals surface area (Å²) in [6, 6.07) is 31.1. The van der Waals surface area contributed by atoms with Crippen molar-refractivity contribution in [1.29, 1.82) is 0 Å². The van der Waals surface area contributed by atoms with Crippen LogP contribution in [0.25, 0.3) is 21.8 Å². The van der Waals surface area contributed by atoms with Gasteiger partial charge in [-0.1, -0.05) is 70.5 Å². The van der Waals surface area contributed by atoms with E-state index in [0.29, 0.717) is 6.61 Å². The molecule has 3 nitrogen and oxygen atoms in total. The van der Waals surface area contributed by atoms with E-state index in [0.717, 1.165) is 33.6 Å². The van der Waals surface area contributed by atoms with Crippen LogP contribution in [-0.4, -0.2) is 9.55 Å². The Morgan fingerprint density at radius 1 is 0.793 bits per heavy atom. The highest BCUT2D eigenvalue weighted by atomic mass is 79.9. The molecule has 5 aromatic rings. The van der Waals surface area contributed by atoms with Gasteiger partial charge >= 0.3 is 0 Å². The molecule has 0 unspecified atom stereocenters. The van der Waals surface area contributed by atoms with Gasteiger partial charge in [-0.3, -0.25) is 0 Å². The summed E-state index contributed by atoms with van der Waals surface area (Å²) in [5.41, 5.74) is 3.32. The van der Waals surface area contributed by atoms with Gasteiger partial charge in [0, 0.05) is 11.0 Å². The minimum absolute atomic E-state index is 0.418. The van der Waals surface area contributed by atoms with Gasteiger partial charge in [0.2, 0.25) is 0 Å². The first-order valence-electron chi connectivity index (χ1n) is 9.56. The van der Waals surface area contributed by atoms with Crippen molar-refractivity contribution in [3.8, 4) is 5.75 Å². The number of ether oxygens (including phenoxy) is 1. The number of benzene rings is 4. The Morgan fingerprint density at radius 2 is 1.62 bits per heavy atom. The van der Waals surface area contributed by atoms with Crippen molar-refractivity contribution in [2.45, 2.75) is 13.2 Å². The third-order valence-electron chi connectivity index (χ3n) is 5.05. The van der Waals surface area contributed by atoms with E-state index in [4.69, 9.17) is 9.72 Å². The lowest BCUT2D eigenvalue weighted by Crippen LogP contribution is -2.08. The molecule has 0 amide bonds. The van der Waals surface area contributed by atoms with Gasteiger partial charge in [-0.25, -0.2) is 4.98 Å². The van der Waals surface area contributed by atoms with Gasteiger partial charge in [-0.05, 0) is 52.7 Å². The van der Waals surface area contributed by atoms with Crippen LogP contribution in [0.3, 0.4) is 0 Å². The molecule has 29 heavy (non-hydrogen) atoms. The fourth-order valence-electron chi connectivity index (χ4n) is 3.63. The maximum Gasteiger partial charge on any atom is 0.148 e. The first-order chi connectivity index (χ1) is 14.3. The quantitative estimate of drug-likeness (QED) is 0.307. The van der Waals surface area contributed by atoms with Crippen LogP contribution in [0.15, 0.2) is 95.5 Å². The molecule has 5 rings (SSSR count). The van der Waals surface area contributed by atoms with Crippen molar-refractivity contribution in [1.82, 2.24) is 9.55 Å². The van der Waals surface area contributed by atoms with Crippen molar-refractivity contribution in [3.05, 3.63) is 107 Å². The topological polar surface area (TPSA) is 27.1 Å². The van der Waals surface area contributed by atoms with Gasteiger partial charge < -0.3 is 9.30 Å². The number of rotatable bonds is 5. The molecule has 4 heteroatoms. The Balaban J connectivity index is 1.47. The predicted molar refractivity (Wildman–Crippen MR) is 121 cm³/mol. The van der Waals surface area contributed by atoms with Crippen LogP contribution in [0.4, 0.5) is 0 Å². The zero-order valence-corrected chi connectivity index (χ0v) is 17.3. The van der Waals surface area contributed by atoms with E-state index in [2.05, 4.69) is 75.1 Å². The van der Waals surface area contributed by atoms with Crippen LogP contribution in [-0.2, 0) is 13.2 Å². The normalized spacial score (nSPS) is 11.2. The molecule has 0 aliphatic rings. The number of hydrogen-bond acceptors (Lipinski definition) is 2. The number of halogens is 1. The largest absolute Gasteiger partial charge is 0.486 e. The second-order valence-electron chi connectivity index (χ2n) is 7.03. The lowest BCUT2D eigenvalue weighted by Gasteiger charge is -2.11. The standard InChI is InChI=1S/C25H19BrN2O/c26-21-9-5-6-18(14-21)16-28-24-11-4-3-10-23(24)27-25(28)17-29-22-13-12-19-7-1-2-8-20(19)15-22/h1-15H,16-17H2. The van der Waals surface area contributed by atoms with Crippen LogP contribution < -0.4 is 4.74 Å². The second-order valence-corrected chi connectivity index (χ2v) is 7.95. The number of imidazole rings is 1. The smallest absolute Gasteiger partial charge is 0.148 e. The molecule has 0 aliphatic heterocycles. The van der Waals surface area contributed by atoms with E-state index in [1.165, 1.54) is 16.3 Å². The molecule has 4 aromatic carbocycles. The Morgan fingerprint density at radius 3 is 2.52 bits per heavy atom. The number of nitrogens with zero attached hydrogens (tertiary/aromatic N) is 2. The van der Waals surface area contributed by atoms with E-state index in [1.807, 2.05) is 36.4 Å². The second kappa shape index (κ2) is 7.72. The van der Waals surface area contributed by atoms with Gasteiger partial charge in [0.15, 0.2) is 0 Å². The first kappa shape index (κ1) is 18.0. The minimum Gasteiger partial charge on any atom is -0.486 e. The SMILES string of the molecule is Brc1cccc(Cn2c(COc3ccc4ccccc4c3)nc3ccccc32)c1. The summed E-state index contributed by atoms with van der Waals surface area (Å²) in [5.74, 6) is 1.77. The minimum atomic E-state index is 0.418. The van der Waals surface area contributed by atoms with Gasteiger partial charge in [-0.15, -0.1) is 0 Å². The molecule has 0 saturated carbocycles. The maximum atomic E-state index is 6.14. The zero-order chi connectivity index (χ0) is 19.6. The number of fused-ring (bicyclic) bond motifs is 2. The van der Waals surface area contributed by atoms with Crippen LogP contribution in [0.2, 0.25) is 0 Å². The first-order valence-corrected chi connectivity index (χ1v) is 10.4. The highest BCUT2D eigenvalue weighted by Crippen LogP contribution is 2.23. The summed E-state index contributed by atoms with van der Waals surface area (Å²) in [5, 5.41) is 2.38. The highest BCUT2D eigenvalue weighted by Gasteiger charge is 2.12. The number of para-hydroxylation sites is 2. The summed E-state index contributed by atoms with van der Waals surface area (Å²) in [6.07, 6.45) is 0. The molecule has 0 spiro atoms. The van der Waals surface area contributed by atoms with Crippen molar-refractivity contribution in [3.63, 3.8) is 0 Å². The summed E-state index contributed by atoms with van der Waals surface area (Å²) in [4.78, 5) is 4.83. The Bertz CT molecular complexity index is 1310. The number of aromatic nitrogens is 2. The molecular weight excluding hydrogens is 424 g/mol. The molecule has 0 fully saturated rings. The van der Waals surface area contributed by atoms with Gasteiger partial charge in [-0.2, -0.15) is 0 Å². The van der Waals surface area contributed by atoms with E-state index in [-0.39, 0.29) is 0 Å². The van der Waals surface area contributed by atoms with Crippen LogP contribution in [0, 0.1) is 0 Å². The van der Waals surface area contributed by atoms with Crippen LogP contribution >= 0.6 is 15.9 Å².